The van der Waals surface area contributed by atoms with Crippen LogP contribution in [0.25, 0.3) is 0 Å². The highest BCUT2D eigenvalue weighted by Crippen LogP contribution is 2.39. The lowest BCUT2D eigenvalue weighted by Crippen LogP contribution is -2.50. The first-order valence-electron chi connectivity index (χ1n) is 6.84. The Labute approximate surface area is 120 Å². The van der Waals surface area contributed by atoms with Crippen LogP contribution in [0, 0.1) is 0 Å². The molecule has 21 heavy (non-hydrogen) atoms. The van der Waals surface area contributed by atoms with Gasteiger partial charge in [-0.1, -0.05) is 5.10 Å². The van der Waals surface area contributed by atoms with E-state index in [2.05, 4.69) is 15.5 Å². The Morgan fingerprint density at radius 3 is 2.86 bits per heavy atom. The van der Waals surface area contributed by atoms with E-state index in [1.54, 1.807) is 4.90 Å². The molecule has 1 aliphatic heterocycles. The van der Waals surface area contributed by atoms with Gasteiger partial charge in [-0.2, -0.15) is 0 Å². The number of carboxylic acid groups (broad SMARTS) is 1. The minimum absolute atomic E-state index is 0.0490. The molecule has 2 aliphatic rings. The summed E-state index contributed by atoms with van der Waals surface area (Å²) in [6.45, 7) is 0.660. The Bertz CT molecular complexity index is 570. The number of nitrogens with one attached hydrogen (secondary N) is 1. The van der Waals surface area contributed by atoms with Gasteiger partial charge in [0.05, 0.1) is 6.54 Å². The maximum atomic E-state index is 11.9. The molecule has 1 amide bonds. The van der Waals surface area contributed by atoms with Crippen molar-refractivity contribution in [2.45, 2.75) is 30.7 Å². The van der Waals surface area contributed by atoms with Crippen molar-refractivity contribution < 1.29 is 19.1 Å². The van der Waals surface area contributed by atoms with Crippen molar-refractivity contribution in [3.63, 3.8) is 0 Å². The zero-order valence-electron chi connectivity index (χ0n) is 11.4. The van der Waals surface area contributed by atoms with Gasteiger partial charge in [-0.25, -0.2) is 0 Å². The molecule has 0 spiro atoms. The molecule has 1 unspecified atom stereocenters. The van der Waals surface area contributed by atoms with E-state index in [0.29, 0.717) is 24.8 Å². The molecule has 0 bridgehead atoms. The third-order valence-electron chi connectivity index (χ3n) is 3.79. The molecule has 1 aromatic rings. The smallest absolute Gasteiger partial charge is 0.325 e. The number of aliphatic carboxylic acids is 1. The van der Waals surface area contributed by atoms with Gasteiger partial charge < -0.3 is 15.3 Å². The second kappa shape index (κ2) is 5.08. The monoisotopic (exact) mass is 295 g/mol. The van der Waals surface area contributed by atoms with E-state index in [9.17, 15) is 9.59 Å². The topological polar surface area (TPSA) is 135 Å². The minimum Gasteiger partial charge on any atom is -0.480 e. The molecule has 1 saturated carbocycles. The van der Waals surface area contributed by atoms with Gasteiger partial charge in [0.2, 0.25) is 11.8 Å². The molecule has 3 rings (SSSR count). The summed E-state index contributed by atoms with van der Waals surface area (Å²) < 4.78 is 5.33. The predicted molar refractivity (Wildman–Crippen MR) is 70.5 cm³/mol. The van der Waals surface area contributed by atoms with Crippen molar-refractivity contribution in [1.29, 1.82) is 0 Å². The van der Waals surface area contributed by atoms with Crippen LogP contribution in [0.4, 0.5) is 6.01 Å². The van der Waals surface area contributed by atoms with Gasteiger partial charge in [-0.05, 0) is 19.3 Å². The van der Waals surface area contributed by atoms with E-state index in [1.807, 2.05) is 0 Å². The highest BCUT2D eigenvalue weighted by Gasteiger charge is 2.41. The predicted octanol–water partition coefficient (Wildman–Crippen LogP) is -0.627. The van der Waals surface area contributed by atoms with Gasteiger partial charge in [-0.3, -0.25) is 19.8 Å². The number of hydrogen-bond acceptors (Lipinski definition) is 7. The second-order valence-electron chi connectivity index (χ2n) is 5.69. The Hall–Kier alpha value is -2.00. The van der Waals surface area contributed by atoms with Gasteiger partial charge in [0.15, 0.2) is 0 Å². The van der Waals surface area contributed by atoms with Gasteiger partial charge in [0, 0.05) is 19.0 Å². The zero-order valence-corrected chi connectivity index (χ0v) is 11.4. The van der Waals surface area contributed by atoms with Crippen molar-refractivity contribution >= 4 is 17.9 Å². The molecule has 0 radical (unpaired) electrons. The third kappa shape index (κ3) is 3.03. The molecule has 1 atom stereocenters. The highest BCUT2D eigenvalue weighted by molar-refractivity contribution is 5.90. The number of anilines is 1. The Morgan fingerprint density at radius 2 is 2.24 bits per heavy atom. The number of nitrogens with two attached hydrogens (primary N) is 1. The van der Waals surface area contributed by atoms with Crippen molar-refractivity contribution in [3.05, 3.63) is 5.89 Å². The molecule has 4 N–H and O–H groups in total. The van der Waals surface area contributed by atoms with Crippen molar-refractivity contribution in [2.24, 2.45) is 5.73 Å². The molecule has 114 valence electrons. The Kier molecular flexibility index (Phi) is 3.38. The lowest BCUT2D eigenvalue weighted by molar-refractivity contribution is -0.143. The van der Waals surface area contributed by atoms with Gasteiger partial charge in [0.25, 0.3) is 0 Å². The summed E-state index contributed by atoms with van der Waals surface area (Å²) in [5.74, 6) is -0.486. The van der Waals surface area contributed by atoms with Crippen LogP contribution < -0.4 is 11.1 Å². The van der Waals surface area contributed by atoms with Crippen LogP contribution in [0.5, 0.6) is 0 Å². The number of rotatable bonds is 5. The Morgan fingerprint density at radius 1 is 1.48 bits per heavy atom. The minimum atomic E-state index is -1.27. The van der Waals surface area contributed by atoms with Crippen LogP contribution in [0.3, 0.4) is 0 Å². The standard InChI is InChI=1S/C12H17N5O4/c13-12(10(19)20)3-4-17(6-12)5-8(18)14-11-16-15-9(21-11)7-1-2-7/h7H,1-6,13H2,(H,19,20)(H,14,16,18). The summed E-state index contributed by atoms with van der Waals surface area (Å²) in [4.78, 5) is 24.6. The first-order valence-corrected chi connectivity index (χ1v) is 6.84. The summed E-state index contributed by atoms with van der Waals surface area (Å²) in [5, 5.41) is 19.2. The van der Waals surface area contributed by atoms with Crippen LogP contribution >= 0.6 is 0 Å². The molecule has 2 heterocycles. The number of carbonyl (C=O) groups excluding carboxylic acids is 1. The molecule has 9 heteroatoms. The molecule has 1 saturated heterocycles. The fourth-order valence-corrected chi connectivity index (χ4v) is 2.37. The largest absolute Gasteiger partial charge is 0.480 e. The molecule has 0 aromatic carbocycles. The van der Waals surface area contributed by atoms with E-state index in [0.717, 1.165) is 12.8 Å². The quantitative estimate of drug-likeness (QED) is 0.653. The van der Waals surface area contributed by atoms with Crippen LogP contribution in [-0.2, 0) is 9.59 Å². The highest BCUT2D eigenvalue weighted by atomic mass is 16.4. The number of aromatic nitrogens is 2. The van der Waals surface area contributed by atoms with E-state index < -0.39 is 11.5 Å². The van der Waals surface area contributed by atoms with Crippen LogP contribution in [0.1, 0.15) is 31.1 Å². The van der Waals surface area contributed by atoms with E-state index in [1.165, 1.54) is 0 Å². The third-order valence-corrected chi connectivity index (χ3v) is 3.79. The zero-order chi connectivity index (χ0) is 15.0. The first-order chi connectivity index (χ1) is 9.96. The van der Waals surface area contributed by atoms with Gasteiger partial charge in [0.1, 0.15) is 5.54 Å². The fraction of sp³-hybridized carbons (Fsp3) is 0.667. The molecule has 2 fully saturated rings. The Balaban J connectivity index is 1.51. The maximum absolute atomic E-state index is 11.9. The van der Waals surface area contributed by atoms with Crippen LogP contribution in [0.15, 0.2) is 4.42 Å². The number of nitrogens with zero attached hydrogens (tertiary/aromatic N) is 3. The molecule has 1 aromatic heterocycles. The van der Waals surface area contributed by atoms with Gasteiger partial charge in [-0.15, -0.1) is 5.10 Å². The van der Waals surface area contributed by atoms with Crippen LogP contribution in [-0.4, -0.2) is 57.3 Å². The molecular formula is C12H17N5O4. The van der Waals surface area contributed by atoms with Gasteiger partial charge >= 0.3 is 12.0 Å². The maximum Gasteiger partial charge on any atom is 0.325 e. The fourth-order valence-electron chi connectivity index (χ4n) is 2.37. The number of hydrogen-bond donors (Lipinski definition) is 3. The summed E-state index contributed by atoms with van der Waals surface area (Å²) in [5.41, 5.74) is 4.48. The molecular weight excluding hydrogens is 278 g/mol. The number of carboxylic acids is 1. The van der Waals surface area contributed by atoms with Crippen molar-refractivity contribution in [1.82, 2.24) is 15.1 Å². The molecule has 9 nitrogen and oxygen atoms in total. The van der Waals surface area contributed by atoms with E-state index in [4.69, 9.17) is 15.3 Å². The average Bonchev–Trinajstić information content (AvgIpc) is 3.05. The first kappa shape index (κ1) is 14.0. The summed E-state index contributed by atoms with van der Waals surface area (Å²) in [6, 6.07) is 0.0818. The normalized spacial score (nSPS) is 26.0. The van der Waals surface area contributed by atoms with Crippen LogP contribution in [0.2, 0.25) is 0 Å². The lowest BCUT2D eigenvalue weighted by Gasteiger charge is -2.19. The van der Waals surface area contributed by atoms with Crippen molar-refractivity contribution in [3.8, 4) is 0 Å². The second-order valence-corrected chi connectivity index (χ2v) is 5.69. The summed E-state index contributed by atoms with van der Waals surface area (Å²) in [6.07, 6.45) is 2.40. The van der Waals surface area contributed by atoms with Crippen molar-refractivity contribution in [2.75, 3.05) is 25.0 Å². The number of amides is 1. The number of likely N-dealkylation sites (tertiary alicyclic amines) is 1. The van der Waals surface area contributed by atoms with E-state index in [-0.39, 0.29) is 25.0 Å². The summed E-state index contributed by atoms with van der Waals surface area (Å²) in [7, 11) is 0. The SMILES string of the molecule is NC1(C(=O)O)CCN(CC(=O)Nc2nnc(C3CC3)o2)C1. The lowest BCUT2D eigenvalue weighted by atomic mass is 10.0. The number of carbonyl (C=O) groups is 2. The molecule has 1 aliphatic carbocycles. The summed E-state index contributed by atoms with van der Waals surface area (Å²) >= 11 is 0. The van der Waals surface area contributed by atoms with E-state index >= 15 is 0 Å². The average molecular weight is 295 g/mol.